The molecule has 0 spiro atoms. The second kappa shape index (κ2) is 4.50. The van der Waals surface area contributed by atoms with E-state index in [9.17, 15) is 9.90 Å². The Morgan fingerprint density at radius 1 is 1.50 bits per heavy atom. The third-order valence-corrected chi connectivity index (χ3v) is 1.69. The van der Waals surface area contributed by atoms with Gasteiger partial charge in [-0.2, -0.15) is 0 Å². The van der Waals surface area contributed by atoms with E-state index in [-0.39, 0.29) is 17.1 Å². The molecular weight excluding hydrogens is 184 g/mol. The Balaban J connectivity index is 2.95. The lowest BCUT2D eigenvalue weighted by Gasteiger charge is -2.07. The molecule has 1 aromatic rings. The number of phenols is 1. The summed E-state index contributed by atoms with van der Waals surface area (Å²) in [6.07, 6.45) is 0.802. The van der Waals surface area contributed by atoms with E-state index in [0.717, 1.165) is 6.42 Å². The van der Waals surface area contributed by atoms with Gasteiger partial charge < -0.3 is 14.9 Å². The minimum atomic E-state index is -1.16. The summed E-state index contributed by atoms with van der Waals surface area (Å²) >= 11 is 0. The van der Waals surface area contributed by atoms with E-state index in [4.69, 9.17) is 9.84 Å². The van der Waals surface area contributed by atoms with Gasteiger partial charge in [-0.3, -0.25) is 0 Å². The van der Waals surface area contributed by atoms with Gasteiger partial charge in [-0.15, -0.1) is 0 Å². The van der Waals surface area contributed by atoms with Gasteiger partial charge in [0.2, 0.25) is 0 Å². The summed E-state index contributed by atoms with van der Waals surface area (Å²) in [6.45, 7) is 2.38. The smallest absolute Gasteiger partial charge is 0.339 e. The van der Waals surface area contributed by atoms with E-state index >= 15 is 0 Å². The van der Waals surface area contributed by atoms with E-state index in [0.29, 0.717) is 6.61 Å². The van der Waals surface area contributed by atoms with Crippen LogP contribution in [0.5, 0.6) is 11.5 Å². The predicted molar refractivity (Wildman–Crippen MR) is 50.9 cm³/mol. The molecule has 0 atom stereocenters. The van der Waals surface area contributed by atoms with Crippen molar-refractivity contribution in [3.8, 4) is 11.5 Å². The number of benzene rings is 1. The van der Waals surface area contributed by atoms with Crippen LogP contribution in [0.3, 0.4) is 0 Å². The summed E-state index contributed by atoms with van der Waals surface area (Å²) in [5.74, 6) is -1.26. The molecule has 1 aromatic carbocycles. The highest BCUT2D eigenvalue weighted by molar-refractivity contribution is 5.91. The van der Waals surface area contributed by atoms with Crippen molar-refractivity contribution in [3.05, 3.63) is 23.8 Å². The van der Waals surface area contributed by atoms with Crippen molar-refractivity contribution in [2.45, 2.75) is 13.3 Å². The Bertz CT molecular complexity index is 333. The zero-order chi connectivity index (χ0) is 10.6. The number of carboxylic acids is 1. The van der Waals surface area contributed by atoms with Crippen LogP contribution in [0, 0.1) is 0 Å². The first kappa shape index (κ1) is 10.4. The molecule has 0 radical (unpaired) electrons. The molecular formula is C10H12O4. The van der Waals surface area contributed by atoms with E-state index in [2.05, 4.69) is 0 Å². The molecule has 4 heteroatoms. The van der Waals surface area contributed by atoms with Crippen LogP contribution >= 0.6 is 0 Å². The van der Waals surface area contributed by atoms with Gasteiger partial charge in [-0.1, -0.05) is 13.0 Å². The van der Waals surface area contributed by atoms with Gasteiger partial charge in [-0.25, -0.2) is 4.79 Å². The van der Waals surface area contributed by atoms with Crippen LogP contribution in [0.15, 0.2) is 18.2 Å². The molecule has 0 aliphatic rings. The molecule has 0 heterocycles. The number of carboxylic acid groups (broad SMARTS) is 1. The van der Waals surface area contributed by atoms with Gasteiger partial charge in [0.15, 0.2) is 11.5 Å². The van der Waals surface area contributed by atoms with Crippen LogP contribution < -0.4 is 4.74 Å². The molecule has 0 unspecified atom stereocenters. The number of hydrogen-bond donors (Lipinski definition) is 2. The fourth-order valence-corrected chi connectivity index (χ4v) is 1.02. The highest BCUT2D eigenvalue weighted by atomic mass is 16.5. The summed E-state index contributed by atoms with van der Waals surface area (Å²) in [6, 6.07) is 4.40. The first-order chi connectivity index (χ1) is 6.66. The average molecular weight is 196 g/mol. The molecule has 0 amide bonds. The van der Waals surface area contributed by atoms with Crippen molar-refractivity contribution in [2.75, 3.05) is 6.61 Å². The van der Waals surface area contributed by atoms with Gasteiger partial charge in [0.05, 0.1) is 6.61 Å². The minimum absolute atomic E-state index is 0.140. The van der Waals surface area contributed by atoms with Crippen molar-refractivity contribution in [1.29, 1.82) is 0 Å². The van der Waals surface area contributed by atoms with Gasteiger partial charge >= 0.3 is 5.97 Å². The fraction of sp³-hybridized carbons (Fsp3) is 0.300. The zero-order valence-corrected chi connectivity index (χ0v) is 7.86. The second-order valence-corrected chi connectivity index (χ2v) is 2.81. The van der Waals surface area contributed by atoms with E-state index in [1.54, 1.807) is 0 Å². The largest absolute Gasteiger partial charge is 0.504 e. The van der Waals surface area contributed by atoms with Gasteiger partial charge in [-0.05, 0) is 18.6 Å². The Morgan fingerprint density at radius 2 is 2.21 bits per heavy atom. The topological polar surface area (TPSA) is 66.8 Å². The average Bonchev–Trinajstić information content (AvgIpc) is 2.16. The van der Waals surface area contributed by atoms with Crippen LogP contribution in [0.2, 0.25) is 0 Å². The lowest BCUT2D eigenvalue weighted by atomic mass is 10.2. The van der Waals surface area contributed by atoms with E-state index < -0.39 is 5.97 Å². The SMILES string of the molecule is CCCOc1cccc(C(=O)O)c1O. The lowest BCUT2D eigenvalue weighted by molar-refractivity contribution is 0.0693. The van der Waals surface area contributed by atoms with E-state index in [1.165, 1.54) is 18.2 Å². The molecule has 0 fully saturated rings. The molecule has 4 nitrogen and oxygen atoms in total. The first-order valence-electron chi connectivity index (χ1n) is 4.35. The summed E-state index contributed by atoms with van der Waals surface area (Å²) in [4.78, 5) is 10.6. The Kier molecular flexibility index (Phi) is 3.34. The second-order valence-electron chi connectivity index (χ2n) is 2.81. The third kappa shape index (κ3) is 2.16. The Hall–Kier alpha value is -1.71. The molecule has 1 rings (SSSR count). The maximum atomic E-state index is 10.6. The number of aromatic carboxylic acids is 1. The van der Waals surface area contributed by atoms with Gasteiger partial charge in [0.25, 0.3) is 0 Å². The normalized spacial score (nSPS) is 9.79. The number of hydrogen-bond acceptors (Lipinski definition) is 3. The van der Waals surface area contributed by atoms with Crippen molar-refractivity contribution in [1.82, 2.24) is 0 Å². The maximum absolute atomic E-state index is 10.6. The monoisotopic (exact) mass is 196 g/mol. The standard InChI is InChI=1S/C10H12O4/c1-2-6-14-8-5-3-4-7(9(8)11)10(12)13/h3-5,11H,2,6H2,1H3,(H,12,13). The van der Waals surface area contributed by atoms with Crippen molar-refractivity contribution in [3.63, 3.8) is 0 Å². The van der Waals surface area contributed by atoms with Crippen molar-refractivity contribution in [2.24, 2.45) is 0 Å². The molecule has 0 bridgehead atoms. The number of para-hydroxylation sites is 1. The van der Waals surface area contributed by atoms with Crippen LogP contribution in [-0.2, 0) is 0 Å². The predicted octanol–water partition coefficient (Wildman–Crippen LogP) is 1.88. The number of carbonyl (C=O) groups is 1. The lowest BCUT2D eigenvalue weighted by Crippen LogP contribution is -2.00. The molecule has 0 saturated carbocycles. The molecule has 0 aromatic heterocycles. The minimum Gasteiger partial charge on any atom is -0.504 e. The Labute approximate surface area is 81.8 Å². The van der Waals surface area contributed by atoms with Gasteiger partial charge in [0.1, 0.15) is 5.56 Å². The van der Waals surface area contributed by atoms with Crippen molar-refractivity contribution >= 4 is 5.97 Å². The van der Waals surface area contributed by atoms with Crippen LogP contribution in [-0.4, -0.2) is 22.8 Å². The Morgan fingerprint density at radius 3 is 2.79 bits per heavy atom. The van der Waals surface area contributed by atoms with Crippen LogP contribution in [0.4, 0.5) is 0 Å². The maximum Gasteiger partial charge on any atom is 0.339 e. The summed E-state index contributed by atoms with van der Waals surface area (Å²) in [5, 5.41) is 18.2. The summed E-state index contributed by atoms with van der Waals surface area (Å²) < 4.78 is 5.16. The van der Waals surface area contributed by atoms with Crippen molar-refractivity contribution < 1.29 is 19.7 Å². The summed E-state index contributed by atoms with van der Waals surface area (Å²) in [7, 11) is 0. The van der Waals surface area contributed by atoms with Crippen LogP contribution in [0.25, 0.3) is 0 Å². The highest BCUT2D eigenvalue weighted by Crippen LogP contribution is 2.29. The molecule has 0 saturated heterocycles. The number of aromatic hydroxyl groups is 1. The summed E-state index contributed by atoms with van der Waals surface area (Å²) in [5.41, 5.74) is -0.140. The third-order valence-electron chi connectivity index (χ3n) is 1.69. The highest BCUT2D eigenvalue weighted by Gasteiger charge is 2.13. The first-order valence-corrected chi connectivity index (χ1v) is 4.35. The molecule has 0 aliphatic carbocycles. The zero-order valence-electron chi connectivity index (χ0n) is 7.86. The number of ether oxygens (including phenoxy) is 1. The van der Waals surface area contributed by atoms with E-state index in [1.807, 2.05) is 6.92 Å². The number of rotatable bonds is 4. The molecule has 76 valence electrons. The fourth-order valence-electron chi connectivity index (χ4n) is 1.02. The van der Waals surface area contributed by atoms with Crippen LogP contribution in [0.1, 0.15) is 23.7 Å². The molecule has 0 aliphatic heterocycles. The molecule has 14 heavy (non-hydrogen) atoms. The molecule has 2 N–H and O–H groups in total. The van der Waals surface area contributed by atoms with Gasteiger partial charge in [0, 0.05) is 0 Å². The quantitative estimate of drug-likeness (QED) is 0.771.